The Hall–Kier alpha value is -0.820. The molecule has 0 aromatic carbocycles. The molecule has 1 rings (SSSR count). The summed E-state index contributed by atoms with van der Waals surface area (Å²) in [4.78, 5) is 12.1. The second-order valence-corrected chi connectivity index (χ2v) is 5.08. The first-order valence-electron chi connectivity index (χ1n) is 6.55. The number of halogens is 3. The summed E-state index contributed by atoms with van der Waals surface area (Å²) in [6.07, 6.45) is -4.29. The fourth-order valence-corrected chi connectivity index (χ4v) is 2.46. The molecule has 7 heteroatoms. The zero-order valence-corrected chi connectivity index (χ0v) is 11.0. The number of aliphatic hydroxyl groups excluding tert-OH is 1. The minimum Gasteiger partial charge on any atom is -0.382 e. The van der Waals surface area contributed by atoms with Crippen molar-refractivity contribution in [2.75, 3.05) is 19.6 Å². The second-order valence-electron chi connectivity index (χ2n) is 5.08. The molecule has 2 unspecified atom stereocenters. The molecule has 3 N–H and O–H groups in total. The van der Waals surface area contributed by atoms with Gasteiger partial charge >= 0.3 is 6.18 Å². The van der Waals surface area contributed by atoms with Crippen LogP contribution in [0.3, 0.4) is 0 Å². The predicted octanol–water partition coefficient (Wildman–Crippen LogP) is 1.20. The summed E-state index contributed by atoms with van der Waals surface area (Å²) in [6.45, 7) is 2.46. The van der Waals surface area contributed by atoms with E-state index in [-0.39, 0.29) is 0 Å². The molecule has 19 heavy (non-hydrogen) atoms. The lowest BCUT2D eigenvalue weighted by Gasteiger charge is -2.36. The van der Waals surface area contributed by atoms with E-state index >= 15 is 0 Å². The summed E-state index contributed by atoms with van der Waals surface area (Å²) in [5.41, 5.74) is -0.641. The SMILES string of the molecule is CCCC1(C(=O)NCC(O)C(F)(F)F)CCCNC1. The Balaban J connectivity index is 2.58. The third-order valence-electron chi connectivity index (χ3n) is 3.52. The van der Waals surface area contributed by atoms with Gasteiger partial charge in [0.25, 0.3) is 0 Å². The molecule has 112 valence electrons. The number of hydrogen-bond acceptors (Lipinski definition) is 3. The van der Waals surface area contributed by atoms with Crippen molar-refractivity contribution in [1.82, 2.24) is 10.6 Å². The number of carbonyl (C=O) groups is 1. The molecule has 2 atom stereocenters. The van der Waals surface area contributed by atoms with Gasteiger partial charge < -0.3 is 15.7 Å². The lowest BCUT2D eigenvalue weighted by molar-refractivity contribution is -0.202. The third kappa shape index (κ3) is 4.35. The molecule has 1 fully saturated rings. The van der Waals surface area contributed by atoms with Gasteiger partial charge in [-0.15, -0.1) is 0 Å². The lowest BCUT2D eigenvalue weighted by atomic mass is 9.76. The van der Waals surface area contributed by atoms with Gasteiger partial charge in [-0.25, -0.2) is 0 Å². The number of alkyl halides is 3. The predicted molar refractivity (Wildman–Crippen MR) is 64.5 cm³/mol. The van der Waals surface area contributed by atoms with Crippen molar-refractivity contribution >= 4 is 5.91 Å². The molecule has 0 saturated carbocycles. The van der Waals surface area contributed by atoms with Crippen LogP contribution in [0, 0.1) is 5.41 Å². The maximum Gasteiger partial charge on any atom is 0.416 e. The fourth-order valence-electron chi connectivity index (χ4n) is 2.46. The third-order valence-corrected chi connectivity index (χ3v) is 3.52. The van der Waals surface area contributed by atoms with Crippen LogP contribution in [0.1, 0.15) is 32.6 Å². The Morgan fingerprint density at radius 2 is 2.21 bits per heavy atom. The van der Waals surface area contributed by atoms with Gasteiger partial charge in [0.2, 0.25) is 5.91 Å². The van der Waals surface area contributed by atoms with Gasteiger partial charge in [-0.05, 0) is 25.8 Å². The van der Waals surface area contributed by atoms with Crippen LogP contribution in [-0.4, -0.2) is 42.9 Å². The normalized spacial score (nSPS) is 25.9. The van der Waals surface area contributed by atoms with Crippen molar-refractivity contribution in [3.05, 3.63) is 0 Å². The van der Waals surface area contributed by atoms with E-state index in [0.29, 0.717) is 19.4 Å². The molecule has 1 aliphatic rings. The van der Waals surface area contributed by atoms with E-state index in [1.165, 1.54) is 0 Å². The van der Waals surface area contributed by atoms with Crippen molar-refractivity contribution < 1.29 is 23.1 Å². The van der Waals surface area contributed by atoms with E-state index in [1.807, 2.05) is 6.92 Å². The van der Waals surface area contributed by atoms with Crippen LogP contribution in [-0.2, 0) is 4.79 Å². The fraction of sp³-hybridized carbons (Fsp3) is 0.917. The van der Waals surface area contributed by atoms with Gasteiger partial charge in [0.15, 0.2) is 6.10 Å². The second kappa shape index (κ2) is 6.56. The van der Waals surface area contributed by atoms with E-state index in [4.69, 9.17) is 5.11 Å². The summed E-state index contributed by atoms with van der Waals surface area (Å²) >= 11 is 0. The smallest absolute Gasteiger partial charge is 0.382 e. The maximum absolute atomic E-state index is 12.2. The monoisotopic (exact) mass is 282 g/mol. The highest BCUT2D eigenvalue weighted by atomic mass is 19.4. The van der Waals surface area contributed by atoms with Crippen LogP contribution in [0.15, 0.2) is 0 Å². The maximum atomic E-state index is 12.2. The molecule has 0 radical (unpaired) electrons. The van der Waals surface area contributed by atoms with Crippen LogP contribution in [0.4, 0.5) is 13.2 Å². The van der Waals surface area contributed by atoms with Crippen molar-refractivity contribution in [2.45, 2.75) is 44.9 Å². The Bertz CT molecular complexity index is 296. The van der Waals surface area contributed by atoms with Gasteiger partial charge in [0.05, 0.1) is 12.0 Å². The largest absolute Gasteiger partial charge is 0.416 e. The Morgan fingerprint density at radius 3 is 2.68 bits per heavy atom. The van der Waals surface area contributed by atoms with Crippen molar-refractivity contribution in [2.24, 2.45) is 5.41 Å². The van der Waals surface area contributed by atoms with Crippen molar-refractivity contribution in [3.63, 3.8) is 0 Å². The van der Waals surface area contributed by atoms with E-state index in [0.717, 1.165) is 19.4 Å². The van der Waals surface area contributed by atoms with E-state index in [1.54, 1.807) is 0 Å². The molecular formula is C12H21F3N2O2. The number of aliphatic hydroxyl groups is 1. The highest BCUT2D eigenvalue weighted by Crippen LogP contribution is 2.32. The van der Waals surface area contributed by atoms with Gasteiger partial charge in [-0.2, -0.15) is 13.2 Å². The standard InChI is InChI=1S/C12H21F3N2O2/c1-2-4-11(5-3-6-16-8-11)10(19)17-7-9(18)12(13,14)15/h9,16,18H,2-8H2,1H3,(H,17,19). The Kier molecular flexibility index (Phi) is 5.61. The molecule has 1 heterocycles. The summed E-state index contributed by atoms with van der Waals surface area (Å²) in [5.74, 6) is -0.398. The highest BCUT2D eigenvalue weighted by molar-refractivity contribution is 5.83. The highest BCUT2D eigenvalue weighted by Gasteiger charge is 2.41. The van der Waals surface area contributed by atoms with Crippen LogP contribution in [0.5, 0.6) is 0 Å². The quantitative estimate of drug-likeness (QED) is 0.710. The van der Waals surface area contributed by atoms with Gasteiger partial charge in [0.1, 0.15) is 0 Å². The Morgan fingerprint density at radius 1 is 1.53 bits per heavy atom. The average molecular weight is 282 g/mol. The van der Waals surface area contributed by atoms with Crippen LogP contribution in [0.2, 0.25) is 0 Å². The van der Waals surface area contributed by atoms with Crippen molar-refractivity contribution in [1.29, 1.82) is 0 Å². The molecule has 0 aromatic heterocycles. The first-order chi connectivity index (χ1) is 8.82. The number of nitrogens with one attached hydrogen (secondary N) is 2. The molecule has 0 bridgehead atoms. The number of rotatable bonds is 5. The zero-order valence-electron chi connectivity index (χ0n) is 11.0. The average Bonchev–Trinajstić information content (AvgIpc) is 2.35. The molecular weight excluding hydrogens is 261 g/mol. The Labute approximate surface area is 110 Å². The molecule has 0 aliphatic carbocycles. The number of piperidine rings is 1. The summed E-state index contributed by atoms with van der Waals surface area (Å²) in [7, 11) is 0. The minimum atomic E-state index is -4.70. The van der Waals surface area contributed by atoms with E-state index in [9.17, 15) is 18.0 Å². The number of hydrogen-bond donors (Lipinski definition) is 3. The van der Waals surface area contributed by atoms with Gasteiger partial charge in [-0.3, -0.25) is 4.79 Å². The zero-order chi connectivity index (χ0) is 14.5. The molecule has 0 spiro atoms. The summed E-state index contributed by atoms with van der Waals surface area (Å²) in [5, 5.41) is 14.2. The number of carbonyl (C=O) groups excluding carboxylic acids is 1. The summed E-state index contributed by atoms with van der Waals surface area (Å²) in [6, 6.07) is 0. The van der Waals surface area contributed by atoms with Gasteiger partial charge in [0, 0.05) is 6.54 Å². The molecule has 0 aromatic rings. The topological polar surface area (TPSA) is 61.4 Å². The summed E-state index contributed by atoms with van der Waals surface area (Å²) < 4.78 is 36.5. The molecule has 1 amide bonds. The van der Waals surface area contributed by atoms with Crippen molar-refractivity contribution in [3.8, 4) is 0 Å². The van der Waals surface area contributed by atoms with Gasteiger partial charge in [-0.1, -0.05) is 13.3 Å². The molecule has 1 saturated heterocycles. The first kappa shape index (κ1) is 16.2. The first-order valence-corrected chi connectivity index (χ1v) is 6.55. The molecule has 4 nitrogen and oxygen atoms in total. The number of amides is 1. The van der Waals surface area contributed by atoms with E-state index < -0.39 is 30.1 Å². The minimum absolute atomic E-state index is 0.398. The van der Waals surface area contributed by atoms with Crippen LogP contribution >= 0.6 is 0 Å². The van der Waals surface area contributed by atoms with E-state index in [2.05, 4.69) is 10.6 Å². The lowest BCUT2D eigenvalue weighted by Crippen LogP contribution is -2.52. The molecule has 1 aliphatic heterocycles. The van der Waals surface area contributed by atoms with Crippen LogP contribution < -0.4 is 10.6 Å². The van der Waals surface area contributed by atoms with Crippen LogP contribution in [0.25, 0.3) is 0 Å².